The summed E-state index contributed by atoms with van der Waals surface area (Å²) in [5.41, 5.74) is 1.86. The predicted octanol–water partition coefficient (Wildman–Crippen LogP) is 3.29. The van der Waals surface area contributed by atoms with Crippen LogP contribution in [0.2, 0.25) is 0 Å². The van der Waals surface area contributed by atoms with Gasteiger partial charge in [0.15, 0.2) is 0 Å². The zero-order valence-electron chi connectivity index (χ0n) is 9.32. The van der Waals surface area contributed by atoms with Crippen LogP contribution in [-0.2, 0) is 0 Å². The molecule has 0 bridgehead atoms. The molecule has 1 aromatic heterocycles. The van der Waals surface area contributed by atoms with Gasteiger partial charge in [-0.1, -0.05) is 18.2 Å². The van der Waals surface area contributed by atoms with Gasteiger partial charge in [0.2, 0.25) is 0 Å². The summed E-state index contributed by atoms with van der Waals surface area (Å²) in [5, 5.41) is 3.17. The predicted molar refractivity (Wildman–Crippen MR) is 69.2 cm³/mol. The highest BCUT2D eigenvalue weighted by molar-refractivity contribution is 9.10. The molecule has 2 aromatic rings. The molecule has 0 saturated heterocycles. The van der Waals surface area contributed by atoms with Crippen LogP contribution < -0.4 is 5.32 Å². The van der Waals surface area contributed by atoms with E-state index < -0.39 is 0 Å². The van der Waals surface area contributed by atoms with Gasteiger partial charge >= 0.3 is 0 Å². The Morgan fingerprint density at radius 3 is 2.76 bits per heavy atom. The minimum atomic E-state index is -0.258. The van der Waals surface area contributed by atoms with E-state index in [0.29, 0.717) is 4.47 Å². The molecule has 0 amide bonds. The van der Waals surface area contributed by atoms with E-state index in [2.05, 4.69) is 26.2 Å². The normalized spacial score (nSPS) is 12.4. The summed E-state index contributed by atoms with van der Waals surface area (Å²) in [6.45, 7) is 0. The van der Waals surface area contributed by atoms with Crippen molar-refractivity contribution < 1.29 is 4.39 Å². The van der Waals surface area contributed by atoms with Crippen molar-refractivity contribution in [3.8, 4) is 0 Å². The van der Waals surface area contributed by atoms with Crippen molar-refractivity contribution in [3.05, 3.63) is 64.1 Å². The van der Waals surface area contributed by atoms with Gasteiger partial charge < -0.3 is 5.32 Å². The molecular formula is C13H12BrFN2. The second-order valence-electron chi connectivity index (χ2n) is 3.65. The number of halogens is 2. The van der Waals surface area contributed by atoms with Gasteiger partial charge in [-0.2, -0.15) is 0 Å². The largest absolute Gasteiger partial charge is 0.309 e. The molecule has 1 unspecified atom stereocenters. The Labute approximate surface area is 108 Å². The number of hydrogen-bond donors (Lipinski definition) is 1. The van der Waals surface area contributed by atoms with Gasteiger partial charge in [-0.05, 0) is 46.2 Å². The summed E-state index contributed by atoms with van der Waals surface area (Å²) < 4.78 is 14.0. The maximum absolute atomic E-state index is 13.5. The van der Waals surface area contributed by atoms with Crippen LogP contribution in [0.15, 0.2) is 47.2 Å². The van der Waals surface area contributed by atoms with Gasteiger partial charge in [-0.15, -0.1) is 0 Å². The highest BCUT2D eigenvalue weighted by atomic mass is 79.9. The van der Waals surface area contributed by atoms with Crippen molar-refractivity contribution in [1.82, 2.24) is 10.3 Å². The first-order valence-corrected chi connectivity index (χ1v) is 6.04. The van der Waals surface area contributed by atoms with Crippen molar-refractivity contribution in [2.45, 2.75) is 6.04 Å². The SMILES string of the molecule is CNC(c1cccnc1)c1cccc(F)c1Br. The van der Waals surface area contributed by atoms with Crippen molar-refractivity contribution in [3.63, 3.8) is 0 Å². The fourth-order valence-corrected chi connectivity index (χ4v) is 2.29. The third kappa shape index (κ3) is 2.53. The first-order valence-electron chi connectivity index (χ1n) is 5.25. The van der Waals surface area contributed by atoms with Crippen LogP contribution in [0.1, 0.15) is 17.2 Å². The first kappa shape index (κ1) is 12.2. The number of aromatic nitrogens is 1. The lowest BCUT2D eigenvalue weighted by Gasteiger charge is -2.18. The van der Waals surface area contributed by atoms with Gasteiger partial charge in [0.25, 0.3) is 0 Å². The lowest BCUT2D eigenvalue weighted by atomic mass is 10.0. The molecule has 1 atom stereocenters. The topological polar surface area (TPSA) is 24.9 Å². The summed E-state index contributed by atoms with van der Waals surface area (Å²) >= 11 is 3.28. The summed E-state index contributed by atoms with van der Waals surface area (Å²) in [7, 11) is 1.84. The summed E-state index contributed by atoms with van der Waals surface area (Å²) in [6.07, 6.45) is 3.50. The van der Waals surface area contributed by atoms with Crippen molar-refractivity contribution >= 4 is 15.9 Å². The van der Waals surface area contributed by atoms with Gasteiger partial charge in [0, 0.05) is 12.4 Å². The highest BCUT2D eigenvalue weighted by Gasteiger charge is 2.16. The molecule has 0 aliphatic carbocycles. The molecule has 88 valence electrons. The lowest BCUT2D eigenvalue weighted by molar-refractivity contribution is 0.608. The zero-order valence-corrected chi connectivity index (χ0v) is 10.9. The number of rotatable bonds is 3. The summed E-state index contributed by atoms with van der Waals surface area (Å²) in [5.74, 6) is -0.258. The standard InChI is InChI=1S/C13H12BrFN2/c1-16-13(9-4-3-7-17-8-9)10-5-2-6-11(15)12(10)14/h2-8,13,16H,1H3. The molecule has 0 aliphatic rings. The third-order valence-electron chi connectivity index (χ3n) is 2.60. The van der Waals surface area contributed by atoms with Crippen LogP contribution in [0, 0.1) is 5.82 Å². The Hall–Kier alpha value is -1.26. The Kier molecular flexibility index (Phi) is 3.86. The molecule has 0 aliphatic heterocycles. The second kappa shape index (κ2) is 5.38. The van der Waals surface area contributed by atoms with Crippen LogP contribution in [0.25, 0.3) is 0 Å². The van der Waals surface area contributed by atoms with E-state index in [-0.39, 0.29) is 11.9 Å². The fourth-order valence-electron chi connectivity index (χ4n) is 1.79. The molecule has 0 spiro atoms. The second-order valence-corrected chi connectivity index (χ2v) is 4.44. The minimum absolute atomic E-state index is 0.0752. The quantitative estimate of drug-likeness (QED) is 0.940. The monoisotopic (exact) mass is 294 g/mol. The van der Waals surface area contributed by atoms with E-state index in [0.717, 1.165) is 11.1 Å². The molecule has 0 saturated carbocycles. The van der Waals surface area contributed by atoms with E-state index in [9.17, 15) is 4.39 Å². The average Bonchev–Trinajstić information content (AvgIpc) is 2.37. The van der Waals surface area contributed by atoms with Gasteiger partial charge in [0.1, 0.15) is 5.82 Å². The van der Waals surface area contributed by atoms with Crippen LogP contribution in [0.3, 0.4) is 0 Å². The maximum Gasteiger partial charge on any atom is 0.137 e. The molecule has 2 nitrogen and oxygen atoms in total. The van der Waals surface area contributed by atoms with Crippen molar-refractivity contribution in [1.29, 1.82) is 0 Å². The third-order valence-corrected chi connectivity index (χ3v) is 3.44. The number of hydrogen-bond acceptors (Lipinski definition) is 2. The molecule has 1 heterocycles. The van der Waals surface area contributed by atoms with E-state index in [1.54, 1.807) is 18.5 Å². The first-order chi connectivity index (χ1) is 8.24. The van der Waals surface area contributed by atoms with Gasteiger partial charge in [-0.25, -0.2) is 4.39 Å². The number of nitrogens with zero attached hydrogens (tertiary/aromatic N) is 1. The molecule has 1 N–H and O–H groups in total. The highest BCUT2D eigenvalue weighted by Crippen LogP contribution is 2.29. The smallest absolute Gasteiger partial charge is 0.137 e. The van der Waals surface area contributed by atoms with Crippen LogP contribution in [-0.4, -0.2) is 12.0 Å². The Bertz CT molecular complexity index is 502. The Morgan fingerprint density at radius 1 is 1.29 bits per heavy atom. The fraction of sp³-hybridized carbons (Fsp3) is 0.154. The maximum atomic E-state index is 13.5. The van der Waals surface area contributed by atoms with Crippen molar-refractivity contribution in [2.24, 2.45) is 0 Å². The van der Waals surface area contributed by atoms with E-state index in [4.69, 9.17) is 0 Å². The Balaban J connectivity index is 2.46. The lowest BCUT2D eigenvalue weighted by Crippen LogP contribution is -2.18. The minimum Gasteiger partial charge on any atom is -0.309 e. The van der Waals surface area contributed by atoms with Gasteiger partial charge in [-0.3, -0.25) is 4.98 Å². The number of nitrogens with one attached hydrogen (secondary N) is 1. The van der Waals surface area contributed by atoms with E-state index in [1.807, 2.05) is 25.2 Å². The molecule has 1 aromatic carbocycles. The molecule has 2 rings (SSSR count). The molecular weight excluding hydrogens is 283 g/mol. The van der Waals surface area contributed by atoms with Crippen molar-refractivity contribution in [2.75, 3.05) is 7.05 Å². The number of benzene rings is 1. The molecule has 4 heteroatoms. The zero-order chi connectivity index (χ0) is 12.3. The molecule has 17 heavy (non-hydrogen) atoms. The summed E-state index contributed by atoms with van der Waals surface area (Å²) in [6, 6.07) is 8.79. The molecule has 0 radical (unpaired) electrons. The summed E-state index contributed by atoms with van der Waals surface area (Å²) in [4.78, 5) is 4.08. The Morgan fingerprint density at radius 2 is 2.12 bits per heavy atom. The number of pyridine rings is 1. The van der Waals surface area contributed by atoms with Crippen LogP contribution in [0.5, 0.6) is 0 Å². The molecule has 0 fully saturated rings. The van der Waals surface area contributed by atoms with Gasteiger partial charge in [0.05, 0.1) is 10.5 Å². The average molecular weight is 295 g/mol. The van der Waals surface area contributed by atoms with E-state index in [1.165, 1.54) is 6.07 Å². The van der Waals surface area contributed by atoms with Crippen LogP contribution >= 0.6 is 15.9 Å². The van der Waals surface area contributed by atoms with E-state index >= 15 is 0 Å². The van der Waals surface area contributed by atoms with Crippen LogP contribution in [0.4, 0.5) is 4.39 Å².